The molecule has 0 amide bonds. The van der Waals surface area contributed by atoms with Crippen molar-refractivity contribution in [3.05, 3.63) is 90.3 Å². The van der Waals surface area contributed by atoms with Crippen LogP contribution in [0.15, 0.2) is 73.3 Å². The maximum atomic E-state index is 14.6. The van der Waals surface area contributed by atoms with Gasteiger partial charge in [-0.15, -0.1) is 6.58 Å². The van der Waals surface area contributed by atoms with Crippen LogP contribution in [0, 0.1) is 11.7 Å². The summed E-state index contributed by atoms with van der Waals surface area (Å²) in [4.78, 5) is 0. The van der Waals surface area contributed by atoms with Crippen molar-refractivity contribution in [1.82, 2.24) is 0 Å². The summed E-state index contributed by atoms with van der Waals surface area (Å²) in [6.45, 7) is 5.93. The van der Waals surface area contributed by atoms with Crippen LogP contribution >= 0.6 is 0 Å². The number of halogens is 1. The molecule has 0 aliphatic heterocycles. The third-order valence-corrected chi connectivity index (χ3v) is 4.52. The van der Waals surface area contributed by atoms with E-state index in [1.54, 1.807) is 6.07 Å². The molecule has 1 aliphatic rings. The second-order valence-corrected chi connectivity index (χ2v) is 6.45. The average Bonchev–Trinajstić information content (AvgIpc) is 2.61. The molecule has 3 rings (SSSR count). The lowest BCUT2D eigenvalue weighted by molar-refractivity contribution is 0.631. The van der Waals surface area contributed by atoms with E-state index in [2.05, 4.69) is 43.9 Å². The molecule has 2 aromatic carbocycles. The van der Waals surface area contributed by atoms with Crippen molar-refractivity contribution in [2.75, 3.05) is 0 Å². The van der Waals surface area contributed by atoms with Crippen molar-refractivity contribution in [3.8, 4) is 11.1 Å². The fourth-order valence-corrected chi connectivity index (χ4v) is 2.99. The first kappa shape index (κ1) is 16.4. The second kappa shape index (κ2) is 7.44. The lowest BCUT2D eigenvalue weighted by Gasteiger charge is -2.13. The molecular formula is C23H23F. The minimum Gasteiger partial charge on any atom is -0.206 e. The van der Waals surface area contributed by atoms with Gasteiger partial charge in [-0.3, -0.25) is 0 Å². The Morgan fingerprint density at radius 2 is 1.88 bits per heavy atom. The summed E-state index contributed by atoms with van der Waals surface area (Å²) in [5.41, 5.74) is 4.88. The summed E-state index contributed by atoms with van der Waals surface area (Å²) in [6.07, 6.45) is 11.3. The molecule has 0 saturated carbocycles. The lowest BCUT2D eigenvalue weighted by Crippen LogP contribution is -1.95. The smallest absolute Gasteiger partial charge is 0.131 e. The molecule has 1 unspecified atom stereocenters. The predicted molar refractivity (Wildman–Crippen MR) is 101 cm³/mol. The molecule has 1 aliphatic carbocycles. The molecule has 0 saturated heterocycles. The van der Waals surface area contributed by atoms with Gasteiger partial charge < -0.3 is 0 Å². The van der Waals surface area contributed by atoms with Gasteiger partial charge >= 0.3 is 0 Å². The third kappa shape index (κ3) is 3.73. The molecule has 1 heteroatoms. The summed E-state index contributed by atoms with van der Waals surface area (Å²) in [6, 6.07) is 13.7. The number of rotatable bonds is 5. The highest BCUT2D eigenvalue weighted by Gasteiger charge is 2.10. The molecule has 0 nitrogen and oxygen atoms in total. The highest BCUT2D eigenvalue weighted by atomic mass is 19.1. The highest BCUT2D eigenvalue weighted by Crippen LogP contribution is 2.29. The van der Waals surface area contributed by atoms with E-state index in [4.69, 9.17) is 0 Å². The number of aryl methyl sites for hydroxylation is 1. The van der Waals surface area contributed by atoms with Crippen molar-refractivity contribution in [3.63, 3.8) is 0 Å². The van der Waals surface area contributed by atoms with Crippen molar-refractivity contribution in [2.45, 2.75) is 26.2 Å². The Bertz CT molecular complexity index is 778. The fraction of sp³-hybridized carbons (Fsp3) is 0.217. The van der Waals surface area contributed by atoms with E-state index >= 15 is 0 Å². The summed E-state index contributed by atoms with van der Waals surface area (Å²) >= 11 is 0. The molecule has 0 N–H and O–H groups in total. The zero-order valence-corrected chi connectivity index (χ0v) is 14.1. The zero-order valence-electron chi connectivity index (χ0n) is 14.1. The predicted octanol–water partition coefficient (Wildman–Crippen LogP) is 6.59. The normalized spacial score (nSPS) is 16.8. The minimum absolute atomic E-state index is 0.167. The van der Waals surface area contributed by atoms with Crippen molar-refractivity contribution in [1.29, 1.82) is 0 Å². The highest BCUT2D eigenvalue weighted by molar-refractivity contribution is 5.77. The number of benzene rings is 2. The topological polar surface area (TPSA) is 0 Å². The van der Waals surface area contributed by atoms with Crippen LogP contribution in [0.2, 0.25) is 0 Å². The van der Waals surface area contributed by atoms with Crippen LogP contribution in [0.1, 0.15) is 30.9 Å². The Morgan fingerprint density at radius 3 is 2.50 bits per heavy atom. The maximum Gasteiger partial charge on any atom is 0.131 e. The van der Waals surface area contributed by atoms with Crippen LogP contribution in [-0.2, 0) is 6.42 Å². The Balaban J connectivity index is 1.82. The average molecular weight is 318 g/mol. The Morgan fingerprint density at radius 1 is 1.12 bits per heavy atom. The third-order valence-electron chi connectivity index (χ3n) is 4.52. The minimum atomic E-state index is -0.167. The Labute approximate surface area is 144 Å². The molecule has 24 heavy (non-hydrogen) atoms. The van der Waals surface area contributed by atoms with Crippen molar-refractivity contribution < 1.29 is 4.39 Å². The Hall–Kier alpha value is -2.41. The molecule has 0 aromatic heterocycles. The van der Waals surface area contributed by atoms with E-state index in [0.29, 0.717) is 11.5 Å². The van der Waals surface area contributed by atoms with Crippen molar-refractivity contribution >= 4 is 5.57 Å². The van der Waals surface area contributed by atoms with Crippen LogP contribution in [0.3, 0.4) is 0 Å². The monoisotopic (exact) mass is 318 g/mol. The van der Waals surface area contributed by atoms with Gasteiger partial charge in [-0.05, 0) is 53.5 Å². The molecule has 2 aromatic rings. The first-order chi connectivity index (χ1) is 11.7. The molecule has 0 radical (unpaired) electrons. The van der Waals surface area contributed by atoms with E-state index in [-0.39, 0.29) is 5.82 Å². The van der Waals surface area contributed by atoms with Crippen molar-refractivity contribution in [2.24, 2.45) is 5.92 Å². The van der Waals surface area contributed by atoms with Gasteiger partial charge in [0, 0.05) is 5.56 Å². The van der Waals surface area contributed by atoms with Gasteiger partial charge in [0.05, 0.1) is 0 Å². The quantitative estimate of drug-likeness (QED) is 0.545. The lowest BCUT2D eigenvalue weighted by atomic mass is 9.93. The number of hydrogen-bond donors (Lipinski definition) is 0. The van der Waals surface area contributed by atoms with E-state index in [1.807, 2.05) is 30.3 Å². The molecule has 0 spiro atoms. The summed E-state index contributed by atoms with van der Waals surface area (Å²) in [7, 11) is 0. The first-order valence-electron chi connectivity index (χ1n) is 8.56. The van der Waals surface area contributed by atoms with Gasteiger partial charge in [0.1, 0.15) is 5.82 Å². The van der Waals surface area contributed by atoms with Crippen LogP contribution < -0.4 is 0 Å². The first-order valence-corrected chi connectivity index (χ1v) is 8.56. The molecular weight excluding hydrogens is 295 g/mol. The van der Waals surface area contributed by atoms with Gasteiger partial charge in [-0.1, -0.05) is 67.6 Å². The zero-order chi connectivity index (χ0) is 16.9. The summed E-state index contributed by atoms with van der Waals surface area (Å²) in [5.74, 6) is 0.400. The molecule has 0 fully saturated rings. The van der Waals surface area contributed by atoms with E-state index in [9.17, 15) is 4.39 Å². The largest absolute Gasteiger partial charge is 0.206 e. The number of allylic oxidation sites excluding steroid dienone is 5. The molecule has 122 valence electrons. The van der Waals surface area contributed by atoms with E-state index < -0.39 is 0 Å². The van der Waals surface area contributed by atoms with Crippen LogP contribution in [0.4, 0.5) is 4.39 Å². The number of hydrogen-bond acceptors (Lipinski definition) is 0. The van der Waals surface area contributed by atoms with E-state index in [1.165, 1.54) is 5.56 Å². The van der Waals surface area contributed by atoms with E-state index in [0.717, 1.165) is 36.0 Å². The summed E-state index contributed by atoms with van der Waals surface area (Å²) in [5, 5.41) is 0. The maximum absolute atomic E-state index is 14.6. The SMILES string of the molecule is C=CCCc1ccc(-c2ccc(C3=CCC(C)C=C3)cc2F)cc1. The fourth-order valence-electron chi connectivity index (χ4n) is 2.99. The van der Waals surface area contributed by atoms with Gasteiger partial charge in [0.2, 0.25) is 0 Å². The standard InChI is InChI=1S/C23H23F/c1-3-4-5-18-8-12-20(13-9-18)22-15-14-21(16-23(22)24)19-10-6-17(2)7-11-19/h3,6,8-17H,1,4-5,7H2,2H3. The van der Waals surface area contributed by atoms with Crippen LogP contribution in [-0.4, -0.2) is 0 Å². The van der Waals surface area contributed by atoms with Gasteiger partial charge in [0.25, 0.3) is 0 Å². The molecule has 0 bridgehead atoms. The molecule has 0 heterocycles. The van der Waals surface area contributed by atoms with Gasteiger partial charge in [-0.2, -0.15) is 0 Å². The van der Waals surface area contributed by atoms with Crippen LogP contribution in [0.5, 0.6) is 0 Å². The summed E-state index contributed by atoms with van der Waals surface area (Å²) < 4.78 is 14.6. The Kier molecular flexibility index (Phi) is 5.10. The van der Waals surface area contributed by atoms with Gasteiger partial charge in [0.15, 0.2) is 0 Å². The van der Waals surface area contributed by atoms with Gasteiger partial charge in [-0.25, -0.2) is 4.39 Å². The molecule has 1 atom stereocenters. The van der Waals surface area contributed by atoms with Crippen LogP contribution in [0.25, 0.3) is 16.7 Å². The second-order valence-electron chi connectivity index (χ2n) is 6.45.